The Balaban J connectivity index is 1.79. The molecule has 104 valence electrons. The third-order valence-electron chi connectivity index (χ3n) is 3.35. The third kappa shape index (κ3) is 3.14. The molecule has 1 fully saturated rings. The van der Waals surface area contributed by atoms with Crippen molar-refractivity contribution >= 4 is 21.6 Å². The van der Waals surface area contributed by atoms with Gasteiger partial charge in [0.05, 0.1) is 6.54 Å². The van der Waals surface area contributed by atoms with Crippen LogP contribution in [0.3, 0.4) is 0 Å². The van der Waals surface area contributed by atoms with Crippen LogP contribution in [0.15, 0.2) is 59.1 Å². The Morgan fingerprint density at radius 2 is 1.95 bits per heavy atom. The Morgan fingerprint density at radius 1 is 1.10 bits per heavy atom. The van der Waals surface area contributed by atoms with Crippen LogP contribution in [0.2, 0.25) is 0 Å². The molecule has 4 heteroatoms. The minimum atomic E-state index is 0.0143. The summed E-state index contributed by atoms with van der Waals surface area (Å²) < 4.78 is 7.17. The Kier molecular flexibility index (Phi) is 4.23. The molecule has 0 unspecified atom stereocenters. The highest BCUT2D eigenvalue weighted by Gasteiger charge is 2.23. The summed E-state index contributed by atoms with van der Waals surface area (Å²) in [6.07, 6.45) is 0.0143. The van der Waals surface area contributed by atoms with Crippen molar-refractivity contribution in [2.45, 2.75) is 6.23 Å². The minimum Gasteiger partial charge on any atom is -0.469 e. The molecule has 0 saturated carbocycles. The lowest BCUT2D eigenvalue weighted by Gasteiger charge is -2.37. The summed E-state index contributed by atoms with van der Waals surface area (Å²) in [4.78, 5) is 2.30. The molecule has 0 spiro atoms. The highest BCUT2D eigenvalue weighted by molar-refractivity contribution is 9.10. The standard InChI is InChI=1S/C16H17BrN2O/c17-13-5-4-8-15(11-13)20-16-12-18-9-10-19(16)14-6-2-1-3-7-14/h1-8,11,16,18H,9-10,12H2/t16-/m1/s1. The average molecular weight is 333 g/mol. The summed E-state index contributed by atoms with van der Waals surface area (Å²) in [5.74, 6) is 0.883. The van der Waals surface area contributed by atoms with Crippen molar-refractivity contribution in [1.29, 1.82) is 0 Å². The summed E-state index contributed by atoms with van der Waals surface area (Å²) in [6.45, 7) is 2.75. The average Bonchev–Trinajstić information content (AvgIpc) is 2.49. The van der Waals surface area contributed by atoms with E-state index in [2.05, 4.69) is 50.4 Å². The van der Waals surface area contributed by atoms with E-state index >= 15 is 0 Å². The fourth-order valence-electron chi connectivity index (χ4n) is 2.40. The molecule has 20 heavy (non-hydrogen) atoms. The highest BCUT2D eigenvalue weighted by atomic mass is 79.9. The maximum atomic E-state index is 6.14. The van der Waals surface area contributed by atoms with Crippen LogP contribution < -0.4 is 15.0 Å². The lowest BCUT2D eigenvalue weighted by molar-refractivity contribution is 0.176. The summed E-state index contributed by atoms with van der Waals surface area (Å²) in [6, 6.07) is 18.4. The molecule has 0 aromatic heterocycles. The molecule has 1 N–H and O–H groups in total. The first kappa shape index (κ1) is 13.5. The summed E-state index contributed by atoms with van der Waals surface area (Å²) in [5, 5.41) is 3.39. The maximum Gasteiger partial charge on any atom is 0.184 e. The Bertz CT molecular complexity index is 561. The highest BCUT2D eigenvalue weighted by Crippen LogP contribution is 2.23. The second kappa shape index (κ2) is 6.29. The summed E-state index contributed by atoms with van der Waals surface area (Å²) in [5.41, 5.74) is 1.20. The molecule has 1 aliphatic heterocycles. The van der Waals surface area contributed by atoms with Gasteiger partial charge in [0.1, 0.15) is 5.75 Å². The van der Waals surface area contributed by atoms with Crippen molar-refractivity contribution < 1.29 is 4.74 Å². The normalized spacial score (nSPS) is 18.9. The van der Waals surface area contributed by atoms with Gasteiger partial charge in [-0.25, -0.2) is 0 Å². The molecule has 0 amide bonds. The van der Waals surface area contributed by atoms with Gasteiger partial charge in [-0.15, -0.1) is 0 Å². The van der Waals surface area contributed by atoms with E-state index < -0.39 is 0 Å². The molecular formula is C16H17BrN2O. The minimum absolute atomic E-state index is 0.0143. The number of hydrogen-bond acceptors (Lipinski definition) is 3. The number of piperazine rings is 1. The largest absolute Gasteiger partial charge is 0.469 e. The lowest BCUT2D eigenvalue weighted by Crippen LogP contribution is -2.54. The molecule has 0 aliphatic carbocycles. The SMILES string of the molecule is Brc1cccc(O[C@@H]2CNCCN2c2ccccc2)c1. The molecule has 3 rings (SSSR count). The molecule has 1 atom stereocenters. The molecular weight excluding hydrogens is 316 g/mol. The van der Waals surface area contributed by atoms with Gasteiger partial charge in [0.2, 0.25) is 0 Å². The molecule has 1 heterocycles. The maximum absolute atomic E-state index is 6.14. The number of rotatable bonds is 3. The first-order chi connectivity index (χ1) is 9.83. The predicted molar refractivity (Wildman–Crippen MR) is 85.2 cm³/mol. The Morgan fingerprint density at radius 3 is 2.75 bits per heavy atom. The quantitative estimate of drug-likeness (QED) is 0.933. The first-order valence-corrected chi connectivity index (χ1v) is 7.57. The number of anilines is 1. The van der Waals surface area contributed by atoms with E-state index in [0.29, 0.717) is 0 Å². The van der Waals surface area contributed by atoms with Gasteiger partial charge in [-0.3, -0.25) is 0 Å². The second-order valence-electron chi connectivity index (χ2n) is 4.76. The van der Waals surface area contributed by atoms with Crippen LogP contribution in [0, 0.1) is 0 Å². The molecule has 1 saturated heterocycles. The van der Waals surface area contributed by atoms with E-state index in [1.54, 1.807) is 0 Å². The summed E-state index contributed by atoms with van der Waals surface area (Å²) >= 11 is 3.48. The number of benzene rings is 2. The van der Waals surface area contributed by atoms with Crippen LogP contribution in [0.1, 0.15) is 0 Å². The van der Waals surface area contributed by atoms with Gasteiger partial charge < -0.3 is 15.0 Å². The van der Waals surface area contributed by atoms with Crippen LogP contribution in [0.5, 0.6) is 5.75 Å². The molecule has 0 bridgehead atoms. The van der Waals surface area contributed by atoms with Crippen LogP contribution in [0.25, 0.3) is 0 Å². The zero-order valence-corrected chi connectivity index (χ0v) is 12.7. The van der Waals surface area contributed by atoms with Crippen molar-refractivity contribution in [2.24, 2.45) is 0 Å². The first-order valence-electron chi connectivity index (χ1n) is 6.77. The van der Waals surface area contributed by atoms with Crippen molar-refractivity contribution in [2.75, 3.05) is 24.5 Å². The lowest BCUT2D eigenvalue weighted by atomic mass is 10.2. The molecule has 3 nitrogen and oxygen atoms in total. The fraction of sp³-hybridized carbons (Fsp3) is 0.250. The third-order valence-corrected chi connectivity index (χ3v) is 3.85. The van der Waals surface area contributed by atoms with E-state index in [9.17, 15) is 0 Å². The van der Waals surface area contributed by atoms with Crippen molar-refractivity contribution in [3.63, 3.8) is 0 Å². The van der Waals surface area contributed by atoms with Crippen LogP contribution in [-0.2, 0) is 0 Å². The Hall–Kier alpha value is -1.52. The zero-order chi connectivity index (χ0) is 13.8. The van der Waals surface area contributed by atoms with Crippen molar-refractivity contribution in [3.05, 3.63) is 59.1 Å². The van der Waals surface area contributed by atoms with E-state index in [4.69, 9.17) is 4.74 Å². The molecule has 1 aliphatic rings. The van der Waals surface area contributed by atoms with Crippen molar-refractivity contribution in [3.8, 4) is 5.75 Å². The number of halogens is 1. The van der Waals surface area contributed by atoms with Crippen LogP contribution >= 0.6 is 15.9 Å². The second-order valence-corrected chi connectivity index (χ2v) is 5.68. The van der Waals surface area contributed by atoms with Gasteiger partial charge in [-0.1, -0.05) is 40.2 Å². The van der Waals surface area contributed by atoms with Gasteiger partial charge in [-0.05, 0) is 30.3 Å². The number of para-hydroxylation sites is 1. The van der Waals surface area contributed by atoms with Crippen LogP contribution in [-0.4, -0.2) is 25.9 Å². The van der Waals surface area contributed by atoms with Gasteiger partial charge in [0.25, 0.3) is 0 Å². The Labute approximate surface area is 127 Å². The van der Waals surface area contributed by atoms with Gasteiger partial charge >= 0.3 is 0 Å². The molecule has 2 aromatic rings. The van der Waals surface area contributed by atoms with E-state index in [0.717, 1.165) is 29.9 Å². The number of nitrogens with one attached hydrogen (secondary N) is 1. The number of hydrogen-bond donors (Lipinski definition) is 1. The monoisotopic (exact) mass is 332 g/mol. The zero-order valence-electron chi connectivity index (χ0n) is 11.1. The molecule has 0 radical (unpaired) electrons. The van der Waals surface area contributed by atoms with Gasteiger partial charge in [-0.2, -0.15) is 0 Å². The van der Waals surface area contributed by atoms with E-state index in [1.165, 1.54) is 5.69 Å². The predicted octanol–water partition coefficient (Wildman–Crippen LogP) is 3.26. The number of nitrogens with zero attached hydrogens (tertiary/aromatic N) is 1. The van der Waals surface area contributed by atoms with Gasteiger partial charge in [0, 0.05) is 23.2 Å². The topological polar surface area (TPSA) is 24.5 Å². The van der Waals surface area contributed by atoms with E-state index in [-0.39, 0.29) is 6.23 Å². The van der Waals surface area contributed by atoms with Crippen LogP contribution in [0.4, 0.5) is 5.69 Å². The molecule has 2 aromatic carbocycles. The summed E-state index contributed by atoms with van der Waals surface area (Å²) in [7, 11) is 0. The number of ether oxygens (including phenoxy) is 1. The van der Waals surface area contributed by atoms with Gasteiger partial charge in [0.15, 0.2) is 6.23 Å². The van der Waals surface area contributed by atoms with Crippen molar-refractivity contribution in [1.82, 2.24) is 5.32 Å². The fourth-order valence-corrected chi connectivity index (χ4v) is 2.77. The smallest absolute Gasteiger partial charge is 0.184 e. The van der Waals surface area contributed by atoms with E-state index in [1.807, 2.05) is 30.3 Å².